The Kier molecular flexibility index (Phi) is 6.45. The highest BCUT2D eigenvalue weighted by Gasteiger charge is 1.55. The largest absolute Gasteiger partial charge is 0.0818 e. The maximum absolute atomic E-state index is 2.30. The first-order valence-corrected chi connectivity index (χ1v) is 4.00. The van der Waals surface area contributed by atoms with Gasteiger partial charge in [-0.1, -0.05) is 51.3 Å². The van der Waals surface area contributed by atoms with Gasteiger partial charge >= 0.3 is 0 Å². The van der Waals surface area contributed by atoms with E-state index in [1.165, 1.54) is 0 Å². The van der Waals surface area contributed by atoms with Crippen molar-refractivity contribution in [3.8, 4) is 0 Å². The zero-order valence-corrected chi connectivity index (χ0v) is 6.93. The van der Waals surface area contributed by atoms with Crippen LogP contribution in [-0.4, -0.2) is 4.43 Å². The van der Waals surface area contributed by atoms with E-state index in [1.54, 1.807) is 0 Å². The third-order valence-corrected chi connectivity index (χ3v) is 1.20. The molecule has 0 amide bonds. The van der Waals surface area contributed by atoms with E-state index < -0.39 is 0 Å². The molecular formula is C3H4I2. The standard InChI is InChI=1S/C3H4I2/c4-2-1-3-5/h1-2H,3H2/b2-1-. The molecule has 30 valence electrons. The van der Waals surface area contributed by atoms with Crippen LogP contribution in [0.1, 0.15) is 0 Å². The molecule has 0 unspecified atom stereocenters. The van der Waals surface area contributed by atoms with Crippen LogP contribution in [0.3, 0.4) is 0 Å². The Balaban J connectivity index is 2.62. The third-order valence-electron chi connectivity index (χ3n) is 0.178. The van der Waals surface area contributed by atoms with Gasteiger partial charge in [-0.3, -0.25) is 0 Å². The minimum Gasteiger partial charge on any atom is -0.0818 e. The van der Waals surface area contributed by atoms with E-state index in [9.17, 15) is 0 Å². The molecule has 0 saturated heterocycles. The zero-order valence-electron chi connectivity index (χ0n) is 2.62. The molecule has 0 aliphatic carbocycles. The van der Waals surface area contributed by atoms with Gasteiger partial charge in [-0.15, -0.1) is 0 Å². The van der Waals surface area contributed by atoms with E-state index in [0.29, 0.717) is 0 Å². The maximum atomic E-state index is 2.30. The Morgan fingerprint density at radius 3 is 2.20 bits per heavy atom. The highest BCUT2D eigenvalue weighted by atomic mass is 127. The summed E-state index contributed by atoms with van der Waals surface area (Å²) in [5, 5.41) is 0. The van der Waals surface area contributed by atoms with Crippen molar-refractivity contribution in [3.63, 3.8) is 0 Å². The second-order valence-corrected chi connectivity index (χ2v) is 2.12. The number of allylic oxidation sites excluding steroid dienone is 1. The average Bonchev–Trinajstić information content (AvgIpc) is 1.41. The van der Waals surface area contributed by atoms with Crippen LogP contribution in [0.15, 0.2) is 10.2 Å². The fraction of sp³-hybridized carbons (Fsp3) is 0.333. The first-order valence-electron chi connectivity index (χ1n) is 1.23. The average molecular weight is 294 g/mol. The van der Waals surface area contributed by atoms with Crippen LogP contribution in [0.2, 0.25) is 0 Å². The Labute approximate surface area is 59.3 Å². The first-order chi connectivity index (χ1) is 2.41. The molecule has 0 heterocycles. The molecule has 0 rings (SSSR count). The van der Waals surface area contributed by atoms with Gasteiger partial charge in [0, 0.05) is 4.43 Å². The molecule has 2 heteroatoms. The summed E-state index contributed by atoms with van der Waals surface area (Å²) in [5.41, 5.74) is 0. The second-order valence-electron chi connectivity index (χ2n) is 0.516. The van der Waals surface area contributed by atoms with Crippen molar-refractivity contribution in [2.75, 3.05) is 4.43 Å². The lowest BCUT2D eigenvalue weighted by Crippen LogP contribution is -1.46. The smallest absolute Gasteiger partial charge is 0.0183 e. The Bertz CT molecular complexity index is 31.9. The first kappa shape index (κ1) is 6.20. The van der Waals surface area contributed by atoms with Crippen LogP contribution in [0.5, 0.6) is 0 Å². The molecule has 5 heavy (non-hydrogen) atoms. The summed E-state index contributed by atoms with van der Waals surface area (Å²) in [5.74, 6) is 0. The molecule has 0 aromatic rings. The van der Waals surface area contributed by atoms with E-state index in [-0.39, 0.29) is 0 Å². The van der Waals surface area contributed by atoms with E-state index in [0.717, 1.165) is 4.43 Å². The molecule has 0 nitrogen and oxygen atoms in total. The van der Waals surface area contributed by atoms with E-state index in [4.69, 9.17) is 0 Å². The van der Waals surface area contributed by atoms with Gasteiger partial charge in [-0.05, 0) is 4.08 Å². The van der Waals surface area contributed by atoms with Crippen molar-refractivity contribution in [3.05, 3.63) is 10.2 Å². The van der Waals surface area contributed by atoms with Gasteiger partial charge in [0.05, 0.1) is 0 Å². The van der Waals surface area contributed by atoms with Crippen molar-refractivity contribution in [1.29, 1.82) is 0 Å². The SMILES string of the molecule is I/C=C\CI. The normalized spacial score (nSPS) is 10.0. The fourth-order valence-electron chi connectivity index (χ4n) is 0.0337. The van der Waals surface area contributed by atoms with Gasteiger partial charge in [-0.2, -0.15) is 0 Å². The summed E-state index contributed by atoms with van der Waals surface area (Å²) in [6, 6.07) is 0. The van der Waals surface area contributed by atoms with Gasteiger partial charge < -0.3 is 0 Å². The molecule has 0 bridgehead atoms. The lowest BCUT2D eigenvalue weighted by Gasteiger charge is -1.61. The van der Waals surface area contributed by atoms with Gasteiger partial charge in [0.2, 0.25) is 0 Å². The summed E-state index contributed by atoms with van der Waals surface area (Å²) in [7, 11) is 0. The minimum absolute atomic E-state index is 1.13. The molecule has 0 N–H and O–H groups in total. The summed E-state index contributed by atoms with van der Waals surface area (Å²) >= 11 is 4.50. The van der Waals surface area contributed by atoms with Crippen molar-refractivity contribution >= 4 is 45.2 Å². The monoisotopic (exact) mass is 294 g/mol. The maximum Gasteiger partial charge on any atom is 0.0183 e. The van der Waals surface area contributed by atoms with E-state index in [1.807, 2.05) is 4.08 Å². The predicted octanol–water partition coefficient (Wildman–Crippen LogP) is 2.37. The quantitative estimate of drug-likeness (QED) is 0.514. The molecular weight excluding hydrogens is 290 g/mol. The molecule has 0 radical (unpaired) electrons. The van der Waals surface area contributed by atoms with E-state index in [2.05, 4.69) is 51.3 Å². The molecule has 0 aliphatic rings. The van der Waals surface area contributed by atoms with Crippen LogP contribution < -0.4 is 0 Å². The topological polar surface area (TPSA) is 0 Å². The Hall–Kier alpha value is 1.20. The Morgan fingerprint density at radius 1 is 1.60 bits per heavy atom. The van der Waals surface area contributed by atoms with Crippen molar-refractivity contribution in [2.45, 2.75) is 0 Å². The van der Waals surface area contributed by atoms with Crippen molar-refractivity contribution in [1.82, 2.24) is 0 Å². The van der Waals surface area contributed by atoms with Crippen LogP contribution in [-0.2, 0) is 0 Å². The predicted molar refractivity (Wildman–Crippen MR) is 42.0 cm³/mol. The fourth-order valence-corrected chi connectivity index (χ4v) is 1.52. The highest BCUT2D eigenvalue weighted by Crippen LogP contribution is 1.86. The lowest BCUT2D eigenvalue weighted by molar-refractivity contribution is 1.90. The molecule has 0 aromatic carbocycles. The Morgan fingerprint density at radius 2 is 2.20 bits per heavy atom. The zero-order chi connectivity index (χ0) is 4.12. The molecule has 0 aliphatic heterocycles. The highest BCUT2D eigenvalue weighted by molar-refractivity contribution is 14.1. The number of hydrogen-bond acceptors (Lipinski definition) is 0. The second kappa shape index (κ2) is 5.20. The van der Waals surface area contributed by atoms with Crippen LogP contribution >= 0.6 is 45.2 Å². The van der Waals surface area contributed by atoms with Gasteiger partial charge in [0.15, 0.2) is 0 Å². The number of rotatable bonds is 1. The molecule has 0 saturated carbocycles. The summed E-state index contributed by atoms with van der Waals surface area (Å²) in [4.78, 5) is 0. The van der Waals surface area contributed by atoms with Gasteiger partial charge in [0.1, 0.15) is 0 Å². The molecule has 0 spiro atoms. The number of halogens is 2. The number of alkyl halides is 1. The van der Waals surface area contributed by atoms with Gasteiger partial charge in [-0.25, -0.2) is 0 Å². The third kappa shape index (κ3) is 5.20. The van der Waals surface area contributed by atoms with E-state index >= 15 is 0 Å². The molecule has 0 fully saturated rings. The minimum atomic E-state index is 1.13. The summed E-state index contributed by atoms with van der Waals surface area (Å²) in [6.07, 6.45) is 2.10. The summed E-state index contributed by atoms with van der Waals surface area (Å²) in [6.45, 7) is 0. The molecule has 0 atom stereocenters. The summed E-state index contributed by atoms with van der Waals surface area (Å²) < 4.78 is 3.14. The van der Waals surface area contributed by atoms with Crippen LogP contribution in [0.25, 0.3) is 0 Å². The van der Waals surface area contributed by atoms with Crippen molar-refractivity contribution in [2.24, 2.45) is 0 Å². The van der Waals surface area contributed by atoms with Crippen molar-refractivity contribution < 1.29 is 0 Å². The van der Waals surface area contributed by atoms with Crippen LogP contribution in [0, 0.1) is 0 Å². The van der Waals surface area contributed by atoms with Gasteiger partial charge in [0.25, 0.3) is 0 Å². The van der Waals surface area contributed by atoms with Crippen LogP contribution in [0.4, 0.5) is 0 Å². The number of hydrogen-bond donors (Lipinski definition) is 0. The molecule has 0 aromatic heterocycles. The lowest BCUT2D eigenvalue weighted by atomic mass is 10.8.